The average molecular weight is 317 g/mol. The van der Waals surface area contributed by atoms with E-state index in [-0.39, 0.29) is 11.9 Å². The molecule has 3 aromatic rings. The first-order valence-electron chi connectivity index (χ1n) is 6.66. The minimum atomic E-state index is -0.131. The maximum atomic E-state index is 12.0. The highest BCUT2D eigenvalue weighted by Gasteiger charge is 2.14. The first-order chi connectivity index (χ1) is 10.2. The molecule has 2 aromatic heterocycles. The minimum absolute atomic E-state index is 0.0151. The summed E-state index contributed by atoms with van der Waals surface area (Å²) in [6.07, 6.45) is 0. The van der Waals surface area contributed by atoms with E-state index in [0.717, 1.165) is 20.9 Å². The van der Waals surface area contributed by atoms with Crippen molar-refractivity contribution < 1.29 is 9.21 Å². The number of thioether (sulfide) groups is 1. The van der Waals surface area contributed by atoms with Crippen molar-refractivity contribution in [3.63, 3.8) is 0 Å². The quantitative estimate of drug-likeness (QED) is 0.706. The lowest BCUT2D eigenvalue weighted by atomic mass is 10.2. The van der Waals surface area contributed by atoms with Gasteiger partial charge in [-0.2, -0.15) is 0 Å². The fourth-order valence-corrected chi connectivity index (χ4v) is 3.65. The molecule has 3 rings (SSSR count). The van der Waals surface area contributed by atoms with Gasteiger partial charge in [0.15, 0.2) is 0 Å². The Bertz CT molecular complexity index is 701. The highest BCUT2D eigenvalue weighted by Crippen LogP contribution is 2.25. The molecule has 1 atom stereocenters. The van der Waals surface area contributed by atoms with Gasteiger partial charge in [-0.3, -0.25) is 4.79 Å². The van der Waals surface area contributed by atoms with Gasteiger partial charge in [0.1, 0.15) is 11.3 Å². The zero-order valence-corrected chi connectivity index (χ0v) is 13.2. The summed E-state index contributed by atoms with van der Waals surface area (Å²) in [6, 6.07) is 13.7. The number of carbonyl (C=O) groups is 1. The van der Waals surface area contributed by atoms with Crippen LogP contribution in [0.3, 0.4) is 0 Å². The Kier molecular flexibility index (Phi) is 4.31. The Balaban J connectivity index is 1.60. The number of carbonyl (C=O) groups excluding carboxylic acids is 1. The van der Waals surface area contributed by atoms with Crippen LogP contribution in [0.15, 0.2) is 56.5 Å². The van der Waals surface area contributed by atoms with Crippen molar-refractivity contribution in [3.05, 3.63) is 53.6 Å². The molecule has 0 saturated carbocycles. The molecule has 1 N–H and O–H groups in total. The van der Waals surface area contributed by atoms with Gasteiger partial charge in [0.05, 0.1) is 16.0 Å². The van der Waals surface area contributed by atoms with Crippen LogP contribution in [0.2, 0.25) is 0 Å². The summed E-state index contributed by atoms with van der Waals surface area (Å²) >= 11 is 3.20. The van der Waals surface area contributed by atoms with Crippen molar-refractivity contribution in [2.45, 2.75) is 17.2 Å². The number of nitrogens with one attached hydrogen (secondary N) is 1. The van der Waals surface area contributed by atoms with Gasteiger partial charge in [0, 0.05) is 5.39 Å². The number of thiophene rings is 1. The molecular formula is C16H15NO2S2. The van der Waals surface area contributed by atoms with Crippen LogP contribution in [0.5, 0.6) is 0 Å². The minimum Gasteiger partial charge on any atom is -0.459 e. The van der Waals surface area contributed by atoms with Gasteiger partial charge in [-0.1, -0.05) is 24.3 Å². The van der Waals surface area contributed by atoms with E-state index in [4.69, 9.17) is 4.42 Å². The zero-order valence-electron chi connectivity index (χ0n) is 11.5. The molecule has 3 nitrogen and oxygen atoms in total. The van der Waals surface area contributed by atoms with Crippen molar-refractivity contribution in [3.8, 4) is 0 Å². The third-order valence-corrected chi connectivity index (χ3v) is 5.22. The Morgan fingerprint density at radius 3 is 2.95 bits per heavy atom. The SMILES string of the molecule is CC(NC(=O)CSc1cccs1)c1cc2ccccc2o1. The molecule has 0 radical (unpaired) electrons. The number of rotatable bonds is 5. The maximum absolute atomic E-state index is 12.0. The van der Waals surface area contributed by atoms with E-state index >= 15 is 0 Å². The lowest BCUT2D eigenvalue weighted by Crippen LogP contribution is -2.27. The second-order valence-corrected chi connectivity index (χ2v) is 6.92. The molecule has 0 bridgehead atoms. The first kappa shape index (κ1) is 14.2. The third-order valence-electron chi connectivity index (χ3n) is 3.09. The van der Waals surface area contributed by atoms with E-state index in [9.17, 15) is 4.79 Å². The normalized spacial score (nSPS) is 12.4. The summed E-state index contributed by atoms with van der Waals surface area (Å²) in [5.74, 6) is 1.22. The fourth-order valence-electron chi connectivity index (χ4n) is 2.05. The molecular weight excluding hydrogens is 302 g/mol. The molecule has 0 spiro atoms. The Hall–Kier alpha value is -1.72. The predicted molar refractivity (Wildman–Crippen MR) is 87.8 cm³/mol. The fraction of sp³-hybridized carbons (Fsp3) is 0.188. The van der Waals surface area contributed by atoms with Crippen molar-refractivity contribution in [1.82, 2.24) is 5.32 Å². The molecule has 1 aromatic carbocycles. The van der Waals surface area contributed by atoms with Crippen LogP contribution in [-0.2, 0) is 4.79 Å². The van der Waals surface area contributed by atoms with E-state index in [0.29, 0.717) is 5.75 Å². The molecule has 1 unspecified atom stereocenters. The molecule has 1 amide bonds. The monoisotopic (exact) mass is 317 g/mol. The molecule has 21 heavy (non-hydrogen) atoms. The number of amides is 1. The van der Waals surface area contributed by atoms with Crippen LogP contribution in [0, 0.1) is 0 Å². The van der Waals surface area contributed by atoms with E-state index < -0.39 is 0 Å². The van der Waals surface area contributed by atoms with Gasteiger partial charge in [-0.05, 0) is 30.5 Å². The molecule has 108 valence electrons. The summed E-state index contributed by atoms with van der Waals surface area (Å²) < 4.78 is 6.92. The molecule has 0 aliphatic rings. The number of furan rings is 1. The van der Waals surface area contributed by atoms with Crippen LogP contribution < -0.4 is 5.32 Å². The highest BCUT2D eigenvalue weighted by molar-refractivity contribution is 8.01. The zero-order chi connectivity index (χ0) is 14.7. The van der Waals surface area contributed by atoms with Crippen molar-refractivity contribution in [2.24, 2.45) is 0 Å². The summed E-state index contributed by atoms with van der Waals surface area (Å²) in [4.78, 5) is 12.0. The maximum Gasteiger partial charge on any atom is 0.230 e. The lowest BCUT2D eigenvalue weighted by molar-refractivity contribution is -0.119. The molecule has 0 saturated heterocycles. The Morgan fingerprint density at radius 2 is 2.19 bits per heavy atom. The topological polar surface area (TPSA) is 42.2 Å². The van der Waals surface area contributed by atoms with E-state index in [2.05, 4.69) is 5.32 Å². The first-order valence-corrected chi connectivity index (χ1v) is 8.53. The van der Waals surface area contributed by atoms with E-state index in [1.165, 1.54) is 0 Å². The van der Waals surface area contributed by atoms with Crippen molar-refractivity contribution in [2.75, 3.05) is 5.75 Å². The van der Waals surface area contributed by atoms with Gasteiger partial charge < -0.3 is 9.73 Å². The van der Waals surface area contributed by atoms with Gasteiger partial charge >= 0.3 is 0 Å². The number of fused-ring (bicyclic) bond motifs is 1. The summed E-state index contributed by atoms with van der Waals surface area (Å²) in [5.41, 5.74) is 0.849. The predicted octanol–water partition coefficient (Wildman–Crippen LogP) is 4.46. The summed E-state index contributed by atoms with van der Waals surface area (Å²) in [5, 5.41) is 6.04. The average Bonchev–Trinajstić information content (AvgIpc) is 3.14. The molecule has 0 aliphatic carbocycles. The molecule has 5 heteroatoms. The molecule has 0 aliphatic heterocycles. The summed E-state index contributed by atoms with van der Waals surface area (Å²) in [6.45, 7) is 1.94. The number of hydrogen-bond acceptors (Lipinski definition) is 4. The van der Waals surface area contributed by atoms with Crippen LogP contribution in [0.4, 0.5) is 0 Å². The number of hydrogen-bond donors (Lipinski definition) is 1. The van der Waals surface area contributed by atoms with Gasteiger partial charge in [-0.25, -0.2) is 0 Å². The van der Waals surface area contributed by atoms with E-state index in [1.54, 1.807) is 23.1 Å². The van der Waals surface area contributed by atoms with Gasteiger partial charge in [0.25, 0.3) is 0 Å². The van der Waals surface area contributed by atoms with Crippen LogP contribution in [-0.4, -0.2) is 11.7 Å². The Morgan fingerprint density at radius 1 is 1.33 bits per heavy atom. The Labute approximate surface area is 131 Å². The van der Waals surface area contributed by atoms with Crippen LogP contribution in [0.1, 0.15) is 18.7 Å². The second-order valence-electron chi connectivity index (χ2n) is 4.70. The molecule has 0 fully saturated rings. The van der Waals surface area contributed by atoms with E-state index in [1.807, 2.05) is 54.8 Å². The standard InChI is InChI=1S/C16H15NO2S2/c1-11(14-9-12-5-2-3-6-13(12)19-14)17-15(18)10-21-16-7-4-8-20-16/h2-9,11H,10H2,1H3,(H,17,18). The van der Waals surface area contributed by atoms with Crippen LogP contribution >= 0.6 is 23.1 Å². The number of para-hydroxylation sites is 1. The summed E-state index contributed by atoms with van der Waals surface area (Å²) in [7, 11) is 0. The van der Waals surface area contributed by atoms with Crippen molar-refractivity contribution in [1.29, 1.82) is 0 Å². The highest BCUT2D eigenvalue weighted by atomic mass is 32.2. The molecule has 2 heterocycles. The second kappa shape index (κ2) is 6.37. The van der Waals surface area contributed by atoms with Crippen molar-refractivity contribution >= 4 is 40.0 Å². The largest absolute Gasteiger partial charge is 0.459 e. The number of benzene rings is 1. The van der Waals surface area contributed by atoms with Gasteiger partial charge in [-0.15, -0.1) is 23.1 Å². The smallest absolute Gasteiger partial charge is 0.230 e. The lowest BCUT2D eigenvalue weighted by Gasteiger charge is -2.10. The van der Waals surface area contributed by atoms with Crippen LogP contribution in [0.25, 0.3) is 11.0 Å². The third kappa shape index (κ3) is 3.49. The van der Waals surface area contributed by atoms with Gasteiger partial charge in [0.2, 0.25) is 5.91 Å².